The summed E-state index contributed by atoms with van der Waals surface area (Å²) in [4.78, 5) is 36.4. The Hall–Kier alpha value is -4.13. The summed E-state index contributed by atoms with van der Waals surface area (Å²) in [6.07, 6.45) is -0.509. The van der Waals surface area contributed by atoms with Gasteiger partial charge in [0, 0.05) is 24.8 Å². The molecule has 3 aromatic carbocycles. The van der Waals surface area contributed by atoms with Crippen molar-refractivity contribution in [3.05, 3.63) is 95.6 Å². The van der Waals surface area contributed by atoms with Gasteiger partial charge in [-0.25, -0.2) is 9.59 Å². The van der Waals surface area contributed by atoms with Gasteiger partial charge in [0.2, 0.25) is 5.91 Å². The summed E-state index contributed by atoms with van der Waals surface area (Å²) < 4.78 is 5.51. The van der Waals surface area contributed by atoms with E-state index in [-0.39, 0.29) is 25.4 Å². The molecule has 0 aliphatic heterocycles. The lowest BCUT2D eigenvalue weighted by molar-refractivity contribution is -0.141. The van der Waals surface area contributed by atoms with Crippen LogP contribution in [-0.4, -0.2) is 41.8 Å². The lowest BCUT2D eigenvalue weighted by Crippen LogP contribution is -2.45. The fourth-order valence-electron chi connectivity index (χ4n) is 4.47. The number of carboxylic acids is 1. The Labute approximate surface area is 204 Å². The Balaban J connectivity index is 1.28. The maximum atomic E-state index is 12.4. The minimum Gasteiger partial charge on any atom is -0.480 e. The number of fused-ring (bicyclic) bond motifs is 3. The first-order valence-corrected chi connectivity index (χ1v) is 11.6. The van der Waals surface area contributed by atoms with E-state index < -0.39 is 30.1 Å². The maximum absolute atomic E-state index is 12.4. The van der Waals surface area contributed by atoms with E-state index >= 15 is 0 Å². The predicted molar refractivity (Wildman–Crippen MR) is 132 cm³/mol. The second-order valence-electron chi connectivity index (χ2n) is 8.72. The van der Waals surface area contributed by atoms with Gasteiger partial charge < -0.3 is 20.5 Å². The Morgan fingerprint density at radius 1 is 0.857 bits per heavy atom. The molecule has 2 atom stereocenters. The van der Waals surface area contributed by atoms with Crippen LogP contribution < -0.4 is 10.6 Å². The summed E-state index contributed by atoms with van der Waals surface area (Å²) in [5.41, 5.74) is 5.33. The lowest BCUT2D eigenvalue weighted by Gasteiger charge is -2.19. The van der Waals surface area contributed by atoms with Gasteiger partial charge in [0.1, 0.15) is 12.6 Å². The van der Waals surface area contributed by atoms with Gasteiger partial charge in [-0.2, -0.15) is 0 Å². The van der Waals surface area contributed by atoms with Crippen molar-refractivity contribution in [1.29, 1.82) is 0 Å². The second kappa shape index (κ2) is 10.9. The zero-order chi connectivity index (χ0) is 24.8. The van der Waals surface area contributed by atoms with Crippen LogP contribution in [0.3, 0.4) is 0 Å². The molecule has 180 valence electrons. The molecular weight excluding hydrogens is 444 g/mol. The van der Waals surface area contributed by atoms with E-state index in [4.69, 9.17) is 4.74 Å². The van der Waals surface area contributed by atoms with Gasteiger partial charge in [-0.15, -0.1) is 0 Å². The number of aliphatic carboxylic acids is 1. The molecule has 0 heterocycles. The molecule has 0 fully saturated rings. The van der Waals surface area contributed by atoms with Crippen LogP contribution in [-0.2, 0) is 20.7 Å². The number of hydrogen-bond donors (Lipinski definition) is 3. The average molecular weight is 473 g/mol. The first-order valence-electron chi connectivity index (χ1n) is 11.6. The van der Waals surface area contributed by atoms with E-state index in [0.717, 1.165) is 27.8 Å². The Bertz CT molecular complexity index is 1170. The minimum absolute atomic E-state index is 0.0546. The van der Waals surface area contributed by atoms with Crippen LogP contribution in [0.5, 0.6) is 0 Å². The second-order valence-corrected chi connectivity index (χ2v) is 8.72. The monoisotopic (exact) mass is 472 g/mol. The van der Waals surface area contributed by atoms with E-state index in [9.17, 15) is 19.5 Å². The van der Waals surface area contributed by atoms with Crippen LogP contribution in [0.4, 0.5) is 4.79 Å². The molecule has 0 saturated carbocycles. The van der Waals surface area contributed by atoms with Crippen molar-refractivity contribution in [3.63, 3.8) is 0 Å². The fraction of sp³-hybridized carbons (Fsp3) is 0.250. The molecule has 3 N–H and O–H groups in total. The molecule has 3 aromatic rings. The summed E-state index contributed by atoms with van der Waals surface area (Å²) in [5.74, 6) is -1.62. The highest BCUT2D eigenvalue weighted by Crippen LogP contribution is 2.44. The first-order chi connectivity index (χ1) is 16.9. The van der Waals surface area contributed by atoms with Crippen LogP contribution in [0.1, 0.15) is 36.0 Å². The number of benzene rings is 3. The van der Waals surface area contributed by atoms with Gasteiger partial charge >= 0.3 is 12.1 Å². The molecule has 4 rings (SSSR count). The third kappa shape index (κ3) is 5.87. The number of rotatable bonds is 9. The van der Waals surface area contributed by atoms with E-state index in [1.54, 1.807) is 6.92 Å². The molecule has 0 saturated heterocycles. The number of ether oxygens (including phenoxy) is 1. The van der Waals surface area contributed by atoms with E-state index in [1.165, 1.54) is 0 Å². The molecule has 2 amide bonds. The van der Waals surface area contributed by atoms with Crippen LogP contribution in [0, 0.1) is 0 Å². The smallest absolute Gasteiger partial charge is 0.407 e. The Morgan fingerprint density at radius 2 is 1.43 bits per heavy atom. The zero-order valence-corrected chi connectivity index (χ0v) is 19.4. The van der Waals surface area contributed by atoms with Crippen LogP contribution >= 0.6 is 0 Å². The predicted octanol–water partition coefficient (Wildman–Crippen LogP) is 4.12. The highest BCUT2D eigenvalue weighted by Gasteiger charge is 2.29. The highest BCUT2D eigenvalue weighted by atomic mass is 16.5. The van der Waals surface area contributed by atoms with Crippen LogP contribution in [0.15, 0.2) is 78.9 Å². The van der Waals surface area contributed by atoms with Crippen molar-refractivity contribution in [2.24, 2.45) is 0 Å². The number of nitrogens with one attached hydrogen (secondary N) is 2. The first kappa shape index (κ1) is 24.0. The summed E-state index contributed by atoms with van der Waals surface area (Å²) in [7, 11) is 0. The van der Waals surface area contributed by atoms with Gasteiger partial charge in [-0.3, -0.25) is 4.79 Å². The van der Waals surface area contributed by atoms with E-state index in [0.29, 0.717) is 0 Å². The summed E-state index contributed by atoms with van der Waals surface area (Å²) in [6.45, 7) is 1.85. The van der Waals surface area contributed by atoms with Crippen molar-refractivity contribution in [2.45, 2.75) is 37.8 Å². The SMILES string of the molecule is CC(CC(=O)N[C@@H](Cc1ccccc1)C(=O)O)NC(=O)OCC1c2ccccc2-c2ccccc21. The van der Waals surface area contributed by atoms with Crippen molar-refractivity contribution in [2.75, 3.05) is 6.61 Å². The average Bonchev–Trinajstić information content (AvgIpc) is 3.16. The largest absolute Gasteiger partial charge is 0.480 e. The lowest BCUT2D eigenvalue weighted by atomic mass is 9.98. The molecule has 1 aliphatic carbocycles. The number of carbonyl (C=O) groups is 3. The maximum Gasteiger partial charge on any atom is 0.407 e. The topological polar surface area (TPSA) is 105 Å². The van der Waals surface area contributed by atoms with Crippen molar-refractivity contribution >= 4 is 18.0 Å². The molecule has 7 nitrogen and oxygen atoms in total. The van der Waals surface area contributed by atoms with Crippen molar-refractivity contribution < 1.29 is 24.2 Å². The number of carboxylic acid groups (broad SMARTS) is 1. The zero-order valence-electron chi connectivity index (χ0n) is 19.4. The molecule has 0 aromatic heterocycles. The fourth-order valence-corrected chi connectivity index (χ4v) is 4.47. The number of hydrogen-bond acceptors (Lipinski definition) is 4. The van der Waals surface area contributed by atoms with Gasteiger partial charge in [-0.1, -0.05) is 78.9 Å². The standard InChI is InChI=1S/C28H28N2O5/c1-18(15-26(31)30-25(27(32)33)16-19-9-3-2-4-10-19)29-28(34)35-17-24-22-13-7-5-11-20(22)21-12-6-8-14-23(21)24/h2-14,18,24-25H,15-17H2,1H3,(H,29,34)(H,30,31)(H,32,33)/t18?,25-/m0/s1. The Kier molecular flexibility index (Phi) is 7.45. The normalized spacial score (nSPS) is 13.7. The minimum atomic E-state index is -1.11. The summed E-state index contributed by atoms with van der Waals surface area (Å²) in [5, 5.41) is 14.7. The number of carbonyl (C=O) groups excluding carboxylic acids is 2. The quantitative estimate of drug-likeness (QED) is 0.435. The Morgan fingerprint density at radius 3 is 2.03 bits per heavy atom. The molecular formula is C28H28N2O5. The van der Waals surface area contributed by atoms with Crippen LogP contribution in [0.2, 0.25) is 0 Å². The summed E-state index contributed by atoms with van der Waals surface area (Å²) in [6, 6.07) is 23.7. The summed E-state index contributed by atoms with van der Waals surface area (Å²) >= 11 is 0. The third-order valence-electron chi connectivity index (χ3n) is 6.12. The highest BCUT2D eigenvalue weighted by molar-refractivity contribution is 5.84. The third-order valence-corrected chi connectivity index (χ3v) is 6.12. The van der Waals surface area contributed by atoms with Crippen LogP contribution in [0.25, 0.3) is 11.1 Å². The van der Waals surface area contributed by atoms with E-state index in [1.807, 2.05) is 66.7 Å². The molecule has 7 heteroatoms. The molecule has 0 spiro atoms. The molecule has 1 unspecified atom stereocenters. The van der Waals surface area contributed by atoms with Gasteiger partial charge in [0.25, 0.3) is 0 Å². The van der Waals surface area contributed by atoms with Crippen molar-refractivity contribution in [3.8, 4) is 11.1 Å². The molecule has 0 bridgehead atoms. The number of alkyl carbamates (subject to hydrolysis) is 1. The van der Waals surface area contributed by atoms with Gasteiger partial charge in [-0.05, 0) is 34.7 Å². The van der Waals surface area contributed by atoms with Crippen molar-refractivity contribution in [1.82, 2.24) is 10.6 Å². The molecule has 35 heavy (non-hydrogen) atoms. The van der Waals surface area contributed by atoms with Gasteiger partial charge in [0.05, 0.1) is 0 Å². The molecule has 0 radical (unpaired) electrons. The van der Waals surface area contributed by atoms with Gasteiger partial charge in [0.15, 0.2) is 0 Å². The van der Waals surface area contributed by atoms with E-state index in [2.05, 4.69) is 22.8 Å². The molecule has 1 aliphatic rings. The number of amides is 2.